The first-order chi connectivity index (χ1) is 41.1. The van der Waals surface area contributed by atoms with Crippen molar-refractivity contribution in [2.24, 2.45) is 5.92 Å². The van der Waals surface area contributed by atoms with Crippen molar-refractivity contribution < 1.29 is 52.9 Å². The van der Waals surface area contributed by atoms with Gasteiger partial charge in [0.25, 0.3) is 23.3 Å². The number of aromatic nitrogens is 4. The topological polar surface area (TPSA) is 198 Å². The number of carbonyl (C=O) groups excluding carboxylic acids is 7. The molecule has 8 aromatic rings. The van der Waals surface area contributed by atoms with Crippen molar-refractivity contribution in [2.75, 3.05) is 26.3 Å². The normalized spacial score (nSPS) is 11.4. The van der Waals surface area contributed by atoms with Gasteiger partial charge in [0, 0.05) is 107 Å². The highest BCUT2D eigenvalue weighted by molar-refractivity contribution is 6.80. The lowest BCUT2D eigenvalue weighted by Gasteiger charge is -2.29. The van der Waals surface area contributed by atoms with Crippen LogP contribution in [0.25, 0.3) is 22.7 Å². The fourth-order valence-electron chi connectivity index (χ4n) is 9.69. The molecule has 1 N–H and O–H groups in total. The molecule has 1 saturated heterocycles. The van der Waals surface area contributed by atoms with Crippen LogP contribution in [0.5, 0.6) is 0 Å². The molecule has 9 rings (SSSR count). The molecule has 4 aromatic carbocycles. The minimum Gasteiger partial charge on any atom is -0.475 e. The predicted octanol–water partition coefficient (Wildman–Crippen LogP) is 16.0. The third-order valence-corrected chi connectivity index (χ3v) is 15.2. The summed E-state index contributed by atoms with van der Waals surface area (Å²) < 4.78 is 16.9. The Labute approximate surface area is 545 Å². The fraction of sp³-hybridized carbons (Fsp3) is 0.294. The van der Waals surface area contributed by atoms with Crippen molar-refractivity contribution in [1.29, 1.82) is 0 Å². The predicted molar refractivity (Wildman–Crippen MR) is 354 cm³/mol. The molecule has 0 saturated carbocycles. The maximum absolute atomic E-state index is 12.8. The smallest absolute Gasteiger partial charge is 0.391 e. The number of hydrogen-bond donors (Lipinski definition) is 1. The van der Waals surface area contributed by atoms with E-state index >= 15 is 0 Å². The van der Waals surface area contributed by atoms with Gasteiger partial charge in [-0.3, -0.25) is 24.0 Å². The van der Waals surface area contributed by atoms with Crippen LogP contribution in [-0.4, -0.2) is 101 Å². The van der Waals surface area contributed by atoms with Gasteiger partial charge < -0.3 is 37.7 Å². The number of rotatable bonds is 13. The number of nitrogens with zero attached hydrogens (tertiary/aromatic N) is 5. The highest BCUT2D eigenvalue weighted by Crippen LogP contribution is 2.27. The van der Waals surface area contributed by atoms with Crippen molar-refractivity contribution >= 4 is 104 Å². The number of halogens is 5. The van der Waals surface area contributed by atoms with E-state index < -0.39 is 40.5 Å². The van der Waals surface area contributed by atoms with E-state index in [0.717, 1.165) is 63.4 Å². The van der Waals surface area contributed by atoms with Crippen LogP contribution >= 0.6 is 58.0 Å². The van der Waals surface area contributed by atoms with Crippen LogP contribution in [0.1, 0.15) is 125 Å². The number of benzene rings is 4. The number of carboxylic acid groups (broad SMARTS) is 1. The molecule has 16 nitrogen and oxygen atoms in total. The Morgan fingerprint density at radius 1 is 0.438 bits per heavy atom. The van der Waals surface area contributed by atoms with Gasteiger partial charge in [-0.1, -0.05) is 68.2 Å². The maximum Gasteiger partial charge on any atom is 0.391 e. The van der Waals surface area contributed by atoms with Gasteiger partial charge >= 0.3 is 23.2 Å². The Kier molecular flexibility index (Phi) is 29.3. The summed E-state index contributed by atoms with van der Waals surface area (Å²) in [6.45, 7) is 22.4. The first kappa shape index (κ1) is 75.3. The molecule has 1 amide bonds. The molecule has 0 spiro atoms. The van der Waals surface area contributed by atoms with E-state index in [1.807, 2.05) is 114 Å². The number of likely N-dealkylation sites (tertiary alicyclic amines) is 1. The van der Waals surface area contributed by atoms with E-state index in [4.69, 9.17) is 67.8 Å². The molecule has 1 aliphatic rings. The Morgan fingerprint density at radius 3 is 1.02 bits per heavy atom. The zero-order chi connectivity index (χ0) is 64.6. The third kappa shape index (κ3) is 19.8. The Morgan fingerprint density at radius 2 is 0.730 bits per heavy atom. The van der Waals surface area contributed by atoms with Crippen molar-refractivity contribution in [2.45, 2.75) is 104 Å². The standard InChI is InChI=1S/C20H23ClN2O2.C16H16ClNO3.C14H12ClNO3.C12H12ClN.C4H5ClO3.2CH4/c1-13-8-10-22(11-9-13)20(25)19(24)18-12-14(2)23(15(18)3)17-6-4-16(21)5-7-17;1-4-21-16(20)15(19)14-9-10(2)18(11(14)3)13-7-5-12(17)6-8-13;1-8-7-12(13(17)14(18)19)9(2)16(8)11-5-3-10(15)4-6-11;1-9-3-4-10(2)14(9)12-7-5-11(13)6-8-12;1-2-8-4(7)3(5)6;;/h4-7,12-13H,8-11H2,1-3H3;5-9H,4H2,1-3H3;3-7H,1-2H3,(H,18,19);3-8H,1-2H3;2H2,1H3;2*1H4. The molecule has 1 fully saturated rings. The van der Waals surface area contributed by atoms with Crippen molar-refractivity contribution in [1.82, 2.24) is 23.2 Å². The molecule has 1 aliphatic heterocycles. The van der Waals surface area contributed by atoms with Crippen LogP contribution in [0, 0.1) is 61.3 Å². The van der Waals surface area contributed by atoms with Gasteiger partial charge in [-0.15, -0.1) is 0 Å². The second-order valence-corrected chi connectivity index (χ2v) is 22.3. The summed E-state index contributed by atoms with van der Waals surface area (Å²) in [5.74, 6) is -4.96. The van der Waals surface area contributed by atoms with Crippen LogP contribution in [0.4, 0.5) is 0 Å². The summed E-state index contributed by atoms with van der Waals surface area (Å²) in [6, 6.07) is 39.1. The van der Waals surface area contributed by atoms with Crippen LogP contribution in [-0.2, 0) is 33.4 Å². The summed E-state index contributed by atoms with van der Waals surface area (Å²) in [6.07, 6.45) is 1.92. The van der Waals surface area contributed by atoms with E-state index in [2.05, 4.69) is 42.2 Å². The van der Waals surface area contributed by atoms with Crippen LogP contribution in [0.15, 0.2) is 127 Å². The van der Waals surface area contributed by atoms with E-state index in [1.54, 1.807) is 75.1 Å². The fourth-order valence-corrected chi connectivity index (χ4v) is 10.2. The largest absolute Gasteiger partial charge is 0.475 e. The lowest BCUT2D eigenvalue weighted by molar-refractivity contribution is -0.149. The summed E-state index contributed by atoms with van der Waals surface area (Å²) in [4.78, 5) is 93.0. The molecule has 0 aliphatic carbocycles. The molecule has 0 unspecified atom stereocenters. The molecule has 89 heavy (non-hydrogen) atoms. The Bertz CT molecular complexity index is 3760. The van der Waals surface area contributed by atoms with E-state index in [0.29, 0.717) is 56.6 Å². The number of hydrogen-bond acceptors (Lipinski definition) is 10. The molecule has 474 valence electrons. The van der Waals surface area contributed by atoms with Gasteiger partial charge in [-0.05, 0) is 227 Å². The molecule has 21 heteroatoms. The van der Waals surface area contributed by atoms with E-state index in [1.165, 1.54) is 11.4 Å². The molecule has 0 atom stereocenters. The molecule has 5 heterocycles. The van der Waals surface area contributed by atoms with Gasteiger partial charge in [0.2, 0.25) is 0 Å². The molecule has 0 bridgehead atoms. The molecule has 4 aromatic heterocycles. The van der Waals surface area contributed by atoms with Crippen LogP contribution in [0.3, 0.4) is 0 Å². The first-order valence-electron chi connectivity index (χ1n) is 27.6. The Balaban J connectivity index is 0.000000300. The number of amides is 1. The second kappa shape index (κ2) is 34.7. The average Bonchev–Trinajstić information content (AvgIpc) is 2.03. The summed E-state index contributed by atoms with van der Waals surface area (Å²) >= 11 is 28.2. The van der Waals surface area contributed by atoms with Crippen molar-refractivity contribution in [3.63, 3.8) is 0 Å². The number of esters is 2. The van der Waals surface area contributed by atoms with Gasteiger partial charge in [0.1, 0.15) is 0 Å². The molecular formula is C68H76Cl5N5O11. The quantitative estimate of drug-likeness (QED) is 0.0499. The summed E-state index contributed by atoms with van der Waals surface area (Å²) in [7, 11) is 0. The van der Waals surface area contributed by atoms with Crippen LogP contribution < -0.4 is 0 Å². The number of piperidine rings is 1. The van der Waals surface area contributed by atoms with Gasteiger partial charge in [0.15, 0.2) is 0 Å². The van der Waals surface area contributed by atoms with Crippen molar-refractivity contribution in [3.8, 4) is 22.7 Å². The van der Waals surface area contributed by atoms with Gasteiger partial charge in [-0.2, -0.15) is 0 Å². The second-order valence-electron chi connectivity index (χ2n) is 20.2. The highest BCUT2D eigenvalue weighted by Gasteiger charge is 2.30. The number of Topliss-reactive ketones (excluding diaryl/α,β-unsaturated/α-hetero) is 3. The van der Waals surface area contributed by atoms with Crippen LogP contribution in [0.2, 0.25) is 20.1 Å². The number of aliphatic carboxylic acids is 1. The number of aryl methyl sites for hydroxylation is 5. The molecule has 0 radical (unpaired) electrons. The maximum atomic E-state index is 12.8. The third-order valence-electron chi connectivity index (χ3n) is 14.0. The molecular weight excluding hydrogens is 1240 g/mol. The monoisotopic (exact) mass is 1310 g/mol. The van der Waals surface area contributed by atoms with Crippen molar-refractivity contribution in [3.05, 3.63) is 210 Å². The Hall–Kier alpha value is -7.99. The minimum absolute atomic E-state index is 0. The SMILES string of the molecule is C.C.CCOC(=O)C(=O)Cl.CCOC(=O)C(=O)c1cc(C)n(-c2ccc(Cl)cc2)c1C.Cc1cc(C(=O)C(=O)N2CCC(C)CC2)c(C)n1-c1ccc(Cl)cc1.Cc1cc(C(=O)C(=O)O)c(C)n1-c1ccc(Cl)cc1.Cc1ccc(C)n1-c1ccc(Cl)cc1. The summed E-state index contributed by atoms with van der Waals surface area (Å²) in [5.41, 5.74) is 12.0. The number of carboxylic acids is 1. The van der Waals surface area contributed by atoms with Gasteiger partial charge in [0.05, 0.1) is 24.3 Å². The minimum atomic E-state index is -1.45. The number of ether oxygens (including phenoxy) is 2. The highest BCUT2D eigenvalue weighted by atomic mass is 35.5. The number of carbonyl (C=O) groups is 8. The lowest BCUT2D eigenvalue weighted by Crippen LogP contribution is -2.41. The zero-order valence-electron chi connectivity index (χ0n) is 50.1. The zero-order valence-corrected chi connectivity index (χ0v) is 53.9. The number of ketones is 3. The van der Waals surface area contributed by atoms with Gasteiger partial charge in [-0.25, -0.2) is 14.4 Å². The first-order valence-corrected chi connectivity index (χ1v) is 29.5. The summed E-state index contributed by atoms with van der Waals surface area (Å²) in [5, 5.41) is 10.4. The lowest BCUT2D eigenvalue weighted by atomic mass is 9.98. The van der Waals surface area contributed by atoms with E-state index in [-0.39, 0.29) is 39.5 Å². The average molecular weight is 1320 g/mol. The van der Waals surface area contributed by atoms with E-state index in [9.17, 15) is 38.4 Å².